The van der Waals surface area contributed by atoms with Crippen molar-refractivity contribution in [2.45, 2.75) is 57.6 Å². The van der Waals surface area contributed by atoms with Gasteiger partial charge < -0.3 is 15.7 Å². The van der Waals surface area contributed by atoms with Crippen molar-refractivity contribution in [2.24, 2.45) is 5.41 Å². The van der Waals surface area contributed by atoms with Crippen LogP contribution in [0.25, 0.3) is 0 Å². The highest BCUT2D eigenvalue weighted by Crippen LogP contribution is 2.28. The summed E-state index contributed by atoms with van der Waals surface area (Å²) < 4.78 is 0. The van der Waals surface area contributed by atoms with Gasteiger partial charge in [0.2, 0.25) is 0 Å². The molecule has 0 aliphatic carbocycles. The Bertz CT molecular complexity index is 518. The van der Waals surface area contributed by atoms with Crippen LogP contribution in [0.4, 0.5) is 10.5 Å². The number of anilines is 1. The summed E-state index contributed by atoms with van der Waals surface area (Å²) in [4.78, 5) is 13.3. The van der Waals surface area contributed by atoms with E-state index in [9.17, 15) is 4.79 Å². The van der Waals surface area contributed by atoms with Gasteiger partial charge in [-0.2, -0.15) is 0 Å². The molecule has 0 saturated heterocycles. The summed E-state index contributed by atoms with van der Waals surface area (Å²) in [6, 6.07) is 5.91. The topological polar surface area (TPSA) is 61.4 Å². The number of nitrogens with one attached hydrogen (secondary N) is 2. The summed E-state index contributed by atoms with van der Waals surface area (Å²) in [7, 11) is 0. The third-order valence-electron chi connectivity index (χ3n) is 3.87. The maximum absolute atomic E-state index is 12.0. The van der Waals surface area contributed by atoms with Crippen LogP contribution in [-0.4, -0.2) is 29.5 Å². The molecule has 0 aliphatic rings. The van der Waals surface area contributed by atoms with Gasteiger partial charge in [-0.25, -0.2) is 4.79 Å². The van der Waals surface area contributed by atoms with Gasteiger partial charge in [0.1, 0.15) is 0 Å². The number of carbonyl (C=O) groups is 1. The van der Waals surface area contributed by atoms with Crippen molar-refractivity contribution < 1.29 is 9.90 Å². The molecule has 5 heteroatoms. The first-order valence-electron chi connectivity index (χ1n) is 8.20. The Morgan fingerprint density at radius 2 is 2.09 bits per heavy atom. The van der Waals surface area contributed by atoms with Gasteiger partial charge in [-0.15, -0.1) is 11.8 Å². The van der Waals surface area contributed by atoms with Crippen LogP contribution in [0.15, 0.2) is 23.1 Å². The molecular weight excluding hydrogens is 308 g/mol. The number of rotatable bonds is 8. The summed E-state index contributed by atoms with van der Waals surface area (Å²) in [6.07, 6.45) is 1.80. The summed E-state index contributed by atoms with van der Waals surface area (Å²) in [5, 5.41) is 15.4. The zero-order chi connectivity index (χ0) is 17.5. The van der Waals surface area contributed by atoms with Gasteiger partial charge in [0.05, 0.1) is 0 Å². The molecule has 0 heterocycles. The largest absolute Gasteiger partial charge is 0.396 e. The molecule has 0 bridgehead atoms. The Kier molecular flexibility index (Phi) is 7.92. The number of aliphatic hydroxyl groups is 1. The molecule has 1 aromatic rings. The summed E-state index contributed by atoms with van der Waals surface area (Å²) in [5.74, 6) is 0. The predicted molar refractivity (Wildman–Crippen MR) is 99.3 cm³/mol. The van der Waals surface area contributed by atoms with Crippen molar-refractivity contribution >= 4 is 23.5 Å². The SMILES string of the molecule is CCC(C)Sc1ccc(NC(=O)NCC(C)(C)CCO)c(C)c1. The third kappa shape index (κ3) is 7.27. The van der Waals surface area contributed by atoms with Crippen LogP contribution in [0, 0.1) is 12.3 Å². The van der Waals surface area contributed by atoms with E-state index in [2.05, 4.69) is 36.6 Å². The van der Waals surface area contributed by atoms with Crippen molar-refractivity contribution in [3.63, 3.8) is 0 Å². The minimum atomic E-state index is -0.207. The Balaban J connectivity index is 2.58. The minimum absolute atomic E-state index is 0.113. The Morgan fingerprint density at radius 1 is 1.39 bits per heavy atom. The second-order valence-electron chi connectivity index (χ2n) is 6.76. The van der Waals surface area contributed by atoms with Gasteiger partial charge in [-0.05, 0) is 48.9 Å². The first-order valence-corrected chi connectivity index (χ1v) is 9.08. The molecule has 2 amide bonds. The maximum atomic E-state index is 12.0. The van der Waals surface area contributed by atoms with Crippen molar-refractivity contribution in [1.82, 2.24) is 5.32 Å². The van der Waals surface area contributed by atoms with Gasteiger partial charge in [-0.1, -0.05) is 27.7 Å². The average molecular weight is 339 g/mol. The van der Waals surface area contributed by atoms with E-state index in [4.69, 9.17) is 5.11 Å². The lowest BCUT2D eigenvalue weighted by atomic mass is 9.90. The molecule has 0 aromatic heterocycles. The van der Waals surface area contributed by atoms with Crippen LogP contribution in [0.1, 0.15) is 46.1 Å². The van der Waals surface area contributed by atoms with Crippen molar-refractivity contribution in [3.05, 3.63) is 23.8 Å². The number of aryl methyl sites for hydroxylation is 1. The summed E-state index contributed by atoms with van der Waals surface area (Å²) in [5.41, 5.74) is 1.77. The molecule has 23 heavy (non-hydrogen) atoms. The van der Waals surface area contributed by atoms with Crippen LogP contribution in [0.3, 0.4) is 0 Å². The Labute approximate surface area is 144 Å². The molecule has 1 unspecified atom stereocenters. The molecule has 1 aromatic carbocycles. The van der Waals surface area contributed by atoms with E-state index in [1.54, 1.807) is 0 Å². The van der Waals surface area contributed by atoms with E-state index in [1.807, 2.05) is 38.6 Å². The highest BCUT2D eigenvalue weighted by molar-refractivity contribution is 7.99. The zero-order valence-corrected chi connectivity index (χ0v) is 15.7. The lowest BCUT2D eigenvalue weighted by molar-refractivity contribution is 0.204. The van der Waals surface area contributed by atoms with Gasteiger partial charge in [-0.3, -0.25) is 0 Å². The number of thioether (sulfide) groups is 1. The second kappa shape index (κ2) is 9.18. The number of hydrogen-bond acceptors (Lipinski definition) is 3. The summed E-state index contributed by atoms with van der Waals surface area (Å²) in [6.45, 7) is 11.1. The molecule has 3 N–H and O–H groups in total. The molecular formula is C18H30N2O2S. The van der Waals surface area contributed by atoms with Crippen LogP contribution in [0.5, 0.6) is 0 Å². The Hall–Kier alpha value is -1.20. The number of aliphatic hydroxyl groups excluding tert-OH is 1. The standard InChI is InChI=1S/C18H30N2O2S/c1-6-14(3)23-15-7-8-16(13(2)11-15)20-17(22)19-12-18(4,5)9-10-21/h7-8,11,14,21H,6,9-10,12H2,1-5H3,(H2,19,20,22). The smallest absolute Gasteiger partial charge is 0.319 e. The molecule has 130 valence electrons. The van der Waals surface area contributed by atoms with Gasteiger partial charge in [0, 0.05) is 29.0 Å². The lowest BCUT2D eigenvalue weighted by Gasteiger charge is -2.24. The molecule has 4 nitrogen and oxygen atoms in total. The normalized spacial score (nSPS) is 12.8. The van der Waals surface area contributed by atoms with E-state index in [1.165, 1.54) is 4.90 Å². The molecule has 1 atom stereocenters. The molecule has 0 saturated carbocycles. The van der Waals surface area contributed by atoms with Gasteiger partial charge >= 0.3 is 6.03 Å². The maximum Gasteiger partial charge on any atom is 0.319 e. The highest BCUT2D eigenvalue weighted by Gasteiger charge is 2.18. The number of hydrogen-bond donors (Lipinski definition) is 3. The number of urea groups is 1. The van der Waals surface area contributed by atoms with Crippen LogP contribution < -0.4 is 10.6 Å². The van der Waals surface area contributed by atoms with Crippen molar-refractivity contribution in [2.75, 3.05) is 18.5 Å². The van der Waals surface area contributed by atoms with Crippen molar-refractivity contribution in [1.29, 1.82) is 0 Å². The second-order valence-corrected chi connectivity index (χ2v) is 8.27. The van der Waals surface area contributed by atoms with Crippen LogP contribution >= 0.6 is 11.8 Å². The number of carbonyl (C=O) groups excluding carboxylic acids is 1. The quantitative estimate of drug-likeness (QED) is 0.615. The third-order valence-corrected chi connectivity index (χ3v) is 5.14. The first kappa shape index (κ1) is 19.8. The molecule has 1 rings (SSSR count). The number of benzene rings is 1. The fourth-order valence-corrected chi connectivity index (χ4v) is 3.07. The predicted octanol–water partition coefficient (Wildman–Crippen LogP) is 4.42. The monoisotopic (exact) mass is 338 g/mol. The fraction of sp³-hybridized carbons (Fsp3) is 0.611. The molecule has 0 spiro atoms. The van der Waals surface area contributed by atoms with E-state index >= 15 is 0 Å². The van der Waals surface area contributed by atoms with E-state index in [0.29, 0.717) is 18.2 Å². The average Bonchev–Trinajstić information content (AvgIpc) is 2.48. The van der Waals surface area contributed by atoms with Crippen molar-refractivity contribution in [3.8, 4) is 0 Å². The molecule has 0 radical (unpaired) electrons. The zero-order valence-electron chi connectivity index (χ0n) is 14.9. The van der Waals surface area contributed by atoms with Crippen LogP contribution in [-0.2, 0) is 0 Å². The van der Waals surface area contributed by atoms with Crippen LogP contribution in [0.2, 0.25) is 0 Å². The van der Waals surface area contributed by atoms with E-state index in [-0.39, 0.29) is 18.1 Å². The lowest BCUT2D eigenvalue weighted by Crippen LogP contribution is -2.37. The van der Waals surface area contributed by atoms with Gasteiger partial charge in [0.25, 0.3) is 0 Å². The van der Waals surface area contributed by atoms with E-state index < -0.39 is 0 Å². The summed E-state index contributed by atoms with van der Waals surface area (Å²) >= 11 is 1.85. The van der Waals surface area contributed by atoms with E-state index in [0.717, 1.165) is 17.7 Å². The molecule has 0 fully saturated rings. The van der Waals surface area contributed by atoms with Gasteiger partial charge in [0.15, 0.2) is 0 Å². The first-order chi connectivity index (χ1) is 10.8. The highest BCUT2D eigenvalue weighted by atomic mass is 32.2. The molecule has 0 aliphatic heterocycles. The fourth-order valence-electron chi connectivity index (χ4n) is 2.04. The Morgan fingerprint density at radius 3 is 2.65 bits per heavy atom. The minimum Gasteiger partial charge on any atom is -0.396 e. The number of amides is 2.